The van der Waals surface area contributed by atoms with Crippen LogP contribution in [0.3, 0.4) is 0 Å². The molecule has 0 radical (unpaired) electrons. The number of carbonyl (C=O) groups is 1. The van der Waals surface area contributed by atoms with Gasteiger partial charge in [0, 0.05) is 13.3 Å². The summed E-state index contributed by atoms with van der Waals surface area (Å²) >= 11 is 0. The Hall–Kier alpha value is -1.29. The summed E-state index contributed by atoms with van der Waals surface area (Å²) < 4.78 is 4.87. The van der Waals surface area contributed by atoms with Crippen LogP contribution in [0.25, 0.3) is 0 Å². The van der Waals surface area contributed by atoms with E-state index in [1.165, 1.54) is 6.92 Å². The number of hydrogen-bond donors (Lipinski definition) is 0. The Morgan fingerprint density at radius 3 is 2.77 bits per heavy atom. The van der Waals surface area contributed by atoms with Crippen molar-refractivity contribution in [3.8, 4) is 0 Å². The molecule has 0 atom stereocenters. The fraction of sp³-hybridized carbons (Fsp3) is 0.444. The zero-order valence-electron chi connectivity index (χ0n) is 8.00. The highest BCUT2D eigenvalue weighted by atomic mass is 16.5. The van der Waals surface area contributed by atoms with Crippen LogP contribution in [0.1, 0.15) is 28.8 Å². The zero-order chi connectivity index (χ0) is 9.84. The van der Waals surface area contributed by atoms with Crippen LogP contribution < -0.4 is 0 Å². The van der Waals surface area contributed by atoms with Crippen molar-refractivity contribution < 1.29 is 9.53 Å². The number of nitrogens with zero attached hydrogens (tertiary/aromatic N) is 2. The molecule has 0 aliphatic rings. The van der Waals surface area contributed by atoms with Gasteiger partial charge in [-0.2, -0.15) is 0 Å². The van der Waals surface area contributed by atoms with Gasteiger partial charge in [0.15, 0.2) is 11.6 Å². The molecule has 13 heavy (non-hydrogen) atoms. The van der Waals surface area contributed by atoms with Crippen molar-refractivity contribution in [1.29, 1.82) is 0 Å². The second-order valence-electron chi connectivity index (χ2n) is 2.77. The second kappa shape index (κ2) is 4.09. The van der Waals surface area contributed by atoms with Gasteiger partial charge in [0.2, 0.25) is 0 Å². The Bertz CT molecular complexity index is 323. The maximum atomic E-state index is 11.0. The number of carbonyl (C=O) groups excluding carboxylic acids is 1. The van der Waals surface area contributed by atoms with Crippen molar-refractivity contribution in [3.05, 3.63) is 23.3 Å². The van der Waals surface area contributed by atoms with E-state index >= 15 is 0 Å². The molecule has 0 saturated carbocycles. The molecule has 0 aliphatic heterocycles. The summed E-state index contributed by atoms with van der Waals surface area (Å²) in [5, 5.41) is 0. The molecule has 1 aromatic rings. The van der Waals surface area contributed by atoms with Gasteiger partial charge >= 0.3 is 0 Å². The van der Waals surface area contributed by atoms with Gasteiger partial charge in [0.25, 0.3) is 0 Å². The topological polar surface area (TPSA) is 52.1 Å². The first-order valence-corrected chi connectivity index (χ1v) is 3.97. The Morgan fingerprint density at radius 1 is 1.62 bits per heavy atom. The van der Waals surface area contributed by atoms with Gasteiger partial charge in [0.05, 0.1) is 11.3 Å². The maximum absolute atomic E-state index is 11.0. The van der Waals surface area contributed by atoms with Crippen LogP contribution in [0.4, 0.5) is 0 Å². The molecule has 0 bridgehead atoms. The third kappa shape index (κ3) is 2.32. The number of aryl methyl sites for hydroxylation is 1. The SMILES string of the molecule is COCc1ncc(C(C)=O)c(C)n1. The smallest absolute Gasteiger partial charge is 0.163 e. The molecule has 0 fully saturated rings. The first kappa shape index (κ1) is 9.80. The molecule has 4 nitrogen and oxygen atoms in total. The fourth-order valence-electron chi connectivity index (χ4n) is 1.06. The molecule has 1 aromatic heterocycles. The molecule has 70 valence electrons. The summed E-state index contributed by atoms with van der Waals surface area (Å²) in [6, 6.07) is 0. The molecule has 1 heterocycles. The number of ketones is 1. The lowest BCUT2D eigenvalue weighted by Gasteiger charge is -2.02. The number of aromatic nitrogens is 2. The second-order valence-corrected chi connectivity index (χ2v) is 2.77. The van der Waals surface area contributed by atoms with Gasteiger partial charge in [-0.05, 0) is 13.8 Å². The van der Waals surface area contributed by atoms with Crippen LogP contribution in [0.2, 0.25) is 0 Å². The number of Topliss-reactive ketones (excluding diaryl/α,β-unsaturated/α-hetero) is 1. The predicted octanol–water partition coefficient (Wildman–Crippen LogP) is 1.13. The molecule has 0 spiro atoms. The minimum atomic E-state index is -0.0125. The van der Waals surface area contributed by atoms with Crippen molar-refractivity contribution in [3.63, 3.8) is 0 Å². The summed E-state index contributed by atoms with van der Waals surface area (Å²) in [5.74, 6) is 0.589. The Kier molecular flexibility index (Phi) is 3.08. The van der Waals surface area contributed by atoms with Crippen molar-refractivity contribution >= 4 is 5.78 Å². The van der Waals surface area contributed by atoms with E-state index in [0.717, 1.165) is 0 Å². The molecule has 0 aromatic carbocycles. The van der Waals surface area contributed by atoms with Crippen LogP contribution in [0.5, 0.6) is 0 Å². The number of ether oxygens (including phenoxy) is 1. The highest BCUT2D eigenvalue weighted by Gasteiger charge is 2.06. The van der Waals surface area contributed by atoms with Gasteiger partial charge in [-0.25, -0.2) is 9.97 Å². The average molecular weight is 180 g/mol. The maximum Gasteiger partial charge on any atom is 0.163 e. The summed E-state index contributed by atoms with van der Waals surface area (Å²) in [4.78, 5) is 19.1. The molecule has 0 N–H and O–H groups in total. The van der Waals surface area contributed by atoms with Gasteiger partial charge in [-0.15, -0.1) is 0 Å². The number of hydrogen-bond acceptors (Lipinski definition) is 4. The molecule has 0 aliphatic carbocycles. The lowest BCUT2D eigenvalue weighted by atomic mass is 10.2. The third-order valence-corrected chi connectivity index (χ3v) is 1.68. The first-order valence-electron chi connectivity index (χ1n) is 3.97. The van der Waals surface area contributed by atoms with E-state index in [-0.39, 0.29) is 5.78 Å². The Labute approximate surface area is 77.0 Å². The van der Waals surface area contributed by atoms with Crippen LogP contribution >= 0.6 is 0 Å². The standard InChI is InChI=1S/C9H12N2O2/c1-6-8(7(2)12)4-10-9(11-6)5-13-3/h4H,5H2,1-3H3. The van der Waals surface area contributed by atoms with E-state index in [1.54, 1.807) is 20.2 Å². The summed E-state index contributed by atoms with van der Waals surface area (Å²) in [6.45, 7) is 3.66. The van der Waals surface area contributed by atoms with Crippen LogP contribution in [0.15, 0.2) is 6.20 Å². The summed E-state index contributed by atoms with van der Waals surface area (Å²) in [6.07, 6.45) is 1.54. The predicted molar refractivity (Wildman–Crippen MR) is 47.5 cm³/mol. The fourth-order valence-corrected chi connectivity index (χ4v) is 1.06. The highest BCUT2D eigenvalue weighted by Crippen LogP contribution is 2.05. The normalized spacial score (nSPS) is 10.1. The van der Waals surface area contributed by atoms with Crippen molar-refractivity contribution in [1.82, 2.24) is 9.97 Å². The molecule has 0 saturated heterocycles. The Balaban J connectivity index is 2.98. The third-order valence-electron chi connectivity index (χ3n) is 1.68. The Morgan fingerprint density at radius 2 is 2.31 bits per heavy atom. The molecule has 0 unspecified atom stereocenters. The summed E-state index contributed by atoms with van der Waals surface area (Å²) in [7, 11) is 1.58. The van der Waals surface area contributed by atoms with Crippen LogP contribution in [-0.4, -0.2) is 22.9 Å². The summed E-state index contributed by atoms with van der Waals surface area (Å²) in [5.41, 5.74) is 1.27. The van der Waals surface area contributed by atoms with Gasteiger partial charge in [-0.3, -0.25) is 4.79 Å². The van der Waals surface area contributed by atoms with Crippen molar-refractivity contribution in [2.45, 2.75) is 20.5 Å². The van der Waals surface area contributed by atoms with E-state index in [0.29, 0.717) is 23.7 Å². The number of rotatable bonds is 3. The van der Waals surface area contributed by atoms with Gasteiger partial charge in [0.1, 0.15) is 6.61 Å². The monoisotopic (exact) mass is 180 g/mol. The molecular formula is C9H12N2O2. The van der Waals surface area contributed by atoms with Crippen LogP contribution in [0, 0.1) is 6.92 Å². The molecule has 1 rings (SSSR count). The largest absolute Gasteiger partial charge is 0.377 e. The zero-order valence-corrected chi connectivity index (χ0v) is 8.00. The first-order chi connectivity index (χ1) is 6.15. The van der Waals surface area contributed by atoms with Gasteiger partial charge in [-0.1, -0.05) is 0 Å². The van der Waals surface area contributed by atoms with Gasteiger partial charge < -0.3 is 4.74 Å². The number of methoxy groups -OCH3 is 1. The lowest BCUT2D eigenvalue weighted by molar-refractivity contribution is 0.101. The minimum Gasteiger partial charge on any atom is -0.377 e. The lowest BCUT2D eigenvalue weighted by Crippen LogP contribution is -2.04. The van der Waals surface area contributed by atoms with Crippen LogP contribution in [-0.2, 0) is 11.3 Å². The molecule has 4 heteroatoms. The van der Waals surface area contributed by atoms with E-state index in [9.17, 15) is 4.79 Å². The minimum absolute atomic E-state index is 0.0125. The van der Waals surface area contributed by atoms with Crippen molar-refractivity contribution in [2.75, 3.05) is 7.11 Å². The molecular weight excluding hydrogens is 168 g/mol. The van der Waals surface area contributed by atoms with Crippen molar-refractivity contribution in [2.24, 2.45) is 0 Å². The van der Waals surface area contributed by atoms with E-state index in [4.69, 9.17) is 4.74 Å². The average Bonchev–Trinajstić information content (AvgIpc) is 2.04. The van der Waals surface area contributed by atoms with E-state index in [2.05, 4.69) is 9.97 Å². The van der Waals surface area contributed by atoms with E-state index < -0.39 is 0 Å². The highest BCUT2D eigenvalue weighted by molar-refractivity contribution is 5.94. The quantitative estimate of drug-likeness (QED) is 0.654. The molecule has 0 amide bonds. The van der Waals surface area contributed by atoms with E-state index in [1.807, 2.05) is 0 Å².